The molecular weight excluding hydrogens is 268 g/mol. The number of nitrogens with zero attached hydrogens (tertiary/aromatic N) is 1. The zero-order chi connectivity index (χ0) is 14.9. The van der Waals surface area contributed by atoms with Crippen LogP contribution in [-0.2, 0) is 12.8 Å². The first-order valence-corrected chi connectivity index (χ1v) is 8.31. The number of pyridine rings is 1. The molecule has 1 aliphatic heterocycles. The second-order valence-electron chi connectivity index (χ2n) is 6.35. The molecule has 2 aromatic rings. The molecule has 2 heteroatoms. The van der Waals surface area contributed by atoms with Crippen molar-refractivity contribution < 1.29 is 0 Å². The molecule has 1 fully saturated rings. The van der Waals surface area contributed by atoms with Gasteiger partial charge in [0, 0.05) is 11.3 Å². The molecule has 0 amide bonds. The van der Waals surface area contributed by atoms with E-state index in [-0.39, 0.29) is 0 Å². The minimum absolute atomic E-state index is 1.09. The predicted octanol–water partition coefficient (Wildman–Crippen LogP) is 3.67. The number of nitrogens with one attached hydrogen (secondary N) is 1. The maximum Gasteiger partial charge on any atom is 0.0742 e. The van der Waals surface area contributed by atoms with Gasteiger partial charge in [-0.25, -0.2) is 0 Å². The van der Waals surface area contributed by atoms with Crippen LogP contribution in [0, 0.1) is 6.92 Å². The van der Waals surface area contributed by atoms with Crippen molar-refractivity contribution in [1.29, 1.82) is 0 Å². The number of aromatic nitrogens is 1. The molecule has 112 valence electrons. The third-order valence-electron chi connectivity index (χ3n) is 4.87. The summed E-state index contributed by atoms with van der Waals surface area (Å²) in [6.45, 7) is 4.27. The highest BCUT2D eigenvalue weighted by atomic mass is 14.9. The van der Waals surface area contributed by atoms with E-state index >= 15 is 0 Å². The summed E-state index contributed by atoms with van der Waals surface area (Å²) >= 11 is 0. The number of benzene rings is 1. The molecule has 1 aliphatic carbocycles. The number of piperidine rings is 1. The zero-order valence-corrected chi connectivity index (χ0v) is 13.2. The second-order valence-corrected chi connectivity index (χ2v) is 6.35. The predicted molar refractivity (Wildman–Crippen MR) is 90.9 cm³/mol. The van der Waals surface area contributed by atoms with Gasteiger partial charge in [0.25, 0.3) is 0 Å². The number of aryl methyl sites for hydroxylation is 3. The van der Waals surface area contributed by atoms with E-state index in [2.05, 4.69) is 48.6 Å². The molecule has 2 aliphatic rings. The van der Waals surface area contributed by atoms with Gasteiger partial charge in [-0.1, -0.05) is 35.9 Å². The van der Waals surface area contributed by atoms with Crippen molar-refractivity contribution in [3.05, 3.63) is 70.0 Å². The van der Waals surface area contributed by atoms with Crippen molar-refractivity contribution >= 4 is 5.57 Å². The van der Waals surface area contributed by atoms with Gasteiger partial charge in [0.2, 0.25) is 0 Å². The minimum atomic E-state index is 1.09. The molecule has 0 radical (unpaired) electrons. The highest BCUT2D eigenvalue weighted by Gasteiger charge is 2.23. The van der Waals surface area contributed by atoms with Crippen LogP contribution in [0.1, 0.15) is 40.9 Å². The average Bonchev–Trinajstić information content (AvgIpc) is 2.72. The van der Waals surface area contributed by atoms with E-state index in [9.17, 15) is 0 Å². The summed E-state index contributed by atoms with van der Waals surface area (Å²) < 4.78 is 0. The number of rotatable bonds is 0. The molecular formula is C20H22N2. The van der Waals surface area contributed by atoms with E-state index in [4.69, 9.17) is 4.98 Å². The molecule has 1 saturated heterocycles. The Balaban J connectivity index is 1.99. The van der Waals surface area contributed by atoms with Crippen LogP contribution < -0.4 is 5.32 Å². The number of hydrogen-bond acceptors (Lipinski definition) is 2. The Labute approximate surface area is 132 Å². The Hall–Kier alpha value is -1.93. The maximum absolute atomic E-state index is 4.95. The van der Waals surface area contributed by atoms with Gasteiger partial charge in [-0.2, -0.15) is 0 Å². The van der Waals surface area contributed by atoms with Gasteiger partial charge in [0.15, 0.2) is 0 Å². The summed E-state index contributed by atoms with van der Waals surface area (Å²) in [5, 5.41) is 3.47. The molecule has 2 nitrogen and oxygen atoms in total. The fourth-order valence-electron chi connectivity index (χ4n) is 3.72. The van der Waals surface area contributed by atoms with Crippen LogP contribution >= 0.6 is 0 Å². The average molecular weight is 290 g/mol. The third-order valence-corrected chi connectivity index (χ3v) is 4.87. The van der Waals surface area contributed by atoms with Crippen LogP contribution in [0.3, 0.4) is 0 Å². The standard InChI is InChI=1S/C20H22N2/c1-14-6-7-17-9-8-15-4-2-3-5-18(15)19(20(17)22-14)16-10-12-21-13-11-16/h2-7,21H,8-13H2,1H3. The first-order valence-electron chi connectivity index (χ1n) is 8.31. The minimum Gasteiger partial charge on any atom is -0.316 e. The molecule has 1 N–H and O–H groups in total. The highest BCUT2D eigenvalue weighted by molar-refractivity contribution is 5.84. The molecule has 2 heterocycles. The fraction of sp³-hybridized carbons (Fsp3) is 0.350. The number of fused-ring (bicyclic) bond motifs is 2. The van der Waals surface area contributed by atoms with E-state index in [1.54, 1.807) is 5.57 Å². The van der Waals surface area contributed by atoms with Crippen LogP contribution in [0.25, 0.3) is 5.57 Å². The third kappa shape index (κ3) is 2.38. The lowest BCUT2D eigenvalue weighted by Gasteiger charge is -2.22. The molecule has 1 aromatic carbocycles. The quantitative estimate of drug-likeness (QED) is 0.800. The van der Waals surface area contributed by atoms with Crippen molar-refractivity contribution in [1.82, 2.24) is 10.3 Å². The summed E-state index contributed by atoms with van der Waals surface area (Å²) in [7, 11) is 0. The topological polar surface area (TPSA) is 24.9 Å². The van der Waals surface area contributed by atoms with E-state index < -0.39 is 0 Å². The van der Waals surface area contributed by atoms with Gasteiger partial charge in [-0.15, -0.1) is 0 Å². The van der Waals surface area contributed by atoms with Gasteiger partial charge in [0.1, 0.15) is 0 Å². The van der Waals surface area contributed by atoms with E-state index in [0.717, 1.165) is 44.5 Å². The summed E-state index contributed by atoms with van der Waals surface area (Å²) in [4.78, 5) is 4.95. The summed E-state index contributed by atoms with van der Waals surface area (Å²) in [6.07, 6.45) is 4.48. The van der Waals surface area contributed by atoms with Gasteiger partial charge in [-0.3, -0.25) is 4.98 Å². The van der Waals surface area contributed by atoms with Gasteiger partial charge < -0.3 is 5.32 Å². The van der Waals surface area contributed by atoms with E-state index in [1.807, 2.05) is 0 Å². The van der Waals surface area contributed by atoms with Crippen molar-refractivity contribution in [3.63, 3.8) is 0 Å². The maximum atomic E-state index is 4.95. The second kappa shape index (κ2) is 5.69. The first-order chi connectivity index (χ1) is 10.8. The lowest BCUT2D eigenvalue weighted by Crippen LogP contribution is -2.24. The smallest absolute Gasteiger partial charge is 0.0742 e. The number of hydrogen-bond donors (Lipinski definition) is 1. The molecule has 0 saturated carbocycles. The van der Waals surface area contributed by atoms with Crippen LogP contribution in [0.15, 0.2) is 42.0 Å². The molecule has 0 atom stereocenters. The molecule has 0 spiro atoms. The zero-order valence-electron chi connectivity index (χ0n) is 13.2. The Kier molecular flexibility index (Phi) is 3.55. The normalized spacial score (nSPS) is 17.7. The summed E-state index contributed by atoms with van der Waals surface area (Å²) in [6, 6.07) is 13.3. The van der Waals surface area contributed by atoms with Crippen molar-refractivity contribution in [2.45, 2.75) is 32.6 Å². The van der Waals surface area contributed by atoms with Gasteiger partial charge in [0.05, 0.1) is 5.69 Å². The Morgan fingerprint density at radius 2 is 1.64 bits per heavy atom. The van der Waals surface area contributed by atoms with Gasteiger partial charge in [-0.05, 0) is 68.5 Å². The monoisotopic (exact) mass is 290 g/mol. The summed E-state index contributed by atoms with van der Waals surface area (Å²) in [5.74, 6) is 0. The molecule has 1 aromatic heterocycles. The van der Waals surface area contributed by atoms with E-state index in [0.29, 0.717) is 0 Å². The first kappa shape index (κ1) is 13.7. The molecule has 22 heavy (non-hydrogen) atoms. The largest absolute Gasteiger partial charge is 0.316 e. The van der Waals surface area contributed by atoms with Crippen molar-refractivity contribution in [3.8, 4) is 0 Å². The van der Waals surface area contributed by atoms with Crippen molar-refractivity contribution in [2.75, 3.05) is 13.1 Å². The SMILES string of the molecule is Cc1ccc2c(n1)C(=C1CCNCC1)c1ccccc1CC2. The Morgan fingerprint density at radius 1 is 0.864 bits per heavy atom. The molecule has 0 unspecified atom stereocenters. The van der Waals surface area contributed by atoms with Gasteiger partial charge >= 0.3 is 0 Å². The van der Waals surface area contributed by atoms with Crippen LogP contribution in [0.2, 0.25) is 0 Å². The Bertz CT molecular complexity index is 735. The van der Waals surface area contributed by atoms with E-state index in [1.165, 1.54) is 28.0 Å². The summed E-state index contributed by atoms with van der Waals surface area (Å²) in [5.41, 5.74) is 9.64. The Morgan fingerprint density at radius 3 is 2.50 bits per heavy atom. The fourth-order valence-corrected chi connectivity index (χ4v) is 3.72. The lowest BCUT2D eigenvalue weighted by atomic mass is 9.89. The molecule has 0 bridgehead atoms. The van der Waals surface area contributed by atoms with Crippen LogP contribution in [-0.4, -0.2) is 18.1 Å². The lowest BCUT2D eigenvalue weighted by molar-refractivity contribution is 0.611. The van der Waals surface area contributed by atoms with Crippen LogP contribution in [0.5, 0.6) is 0 Å². The molecule has 4 rings (SSSR count). The van der Waals surface area contributed by atoms with Crippen LogP contribution in [0.4, 0.5) is 0 Å². The highest BCUT2D eigenvalue weighted by Crippen LogP contribution is 2.36. The van der Waals surface area contributed by atoms with Crippen molar-refractivity contribution in [2.24, 2.45) is 0 Å².